The van der Waals surface area contributed by atoms with E-state index >= 15 is 0 Å². The topological polar surface area (TPSA) is 72.0 Å². The molecule has 5 nitrogen and oxygen atoms in total. The average Bonchev–Trinajstić information content (AvgIpc) is 1.99. The van der Waals surface area contributed by atoms with Crippen LogP contribution in [0.25, 0.3) is 0 Å². The second-order valence-corrected chi connectivity index (χ2v) is 5.87. The summed E-state index contributed by atoms with van der Waals surface area (Å²) in [5.74, 6) is 0.745. The smallest absolute Gasteiger partial charge is 0.149 e. The zero-order chi connectivity index (χ0) is 11.5. The maximum absolute atomic E-state index is 11.0. The minimum Gasteiger partial charge on any atom is -0.366 e. The van der Waals surface area contributed by atoms with Crippen LogP contribution in [0.4, 0.5) is 5.82 Å². The molecule has 84 valence electrons. The minimum atomic E-state index is -2.96. The first-order chi connectivity index (χ1) is 6.87. The van der Waals surface area contributed by atoms with Crippen molar-refractivity contribution in [2.45, 2.75) is 19.9 Å². The molecule has 1 heterocycles. The van der Waals surface area contributed by atoms with Crippen molar-refractivity contribution in [2.75, 3.05) is 17.3 Å². The number of aromatic nitrogens is 2. The summed E-state index contributed by atoms with van der Waals surface area (Å²) in [6, 6.07) is 1.62. The fourth-order valence-electron chi connectivity index (χ4n) is 1.28. The molecule has 0 aromatic carbocycles. The van der Waals surface area contributed by atoms with Crippen molar-refractivity contribution in [3.8, 4) is 0 Å². The van der Waals surface area contributed by atoms with E-state index in [-0.39, 0.29) is 11.8 Å². The molecule has 6 heteroatoms. The number of nitrogens with zero attached hydrogens (tertiary/aromatic N) is 2. The quantitative estimate of drug-likeness (QED) is 0.820. The number of sulfone groups is 1. The summed E-state index contributed by atoms with van der Waals surface area (Å²) in [5, 5.41) is 3.01. The Morgan fingerprint density at radius 2 is 2.13 bits per heavy atom. The van der Waals surface area contributed by atoms with E-state index in [9.17, 15) is 8.42 Å². The zero-order valence-electron chi connectivity index (χ0n) is 9.06. The summed E-state index contributed by atoms with van der Waals surface area (Å²) in [4.78, 5) is 7.94. The first kappa shape index (κ1) is 11.9. The van der Waals surface area contributed by atoms with E-state index in [2.05, 4.69) is 15.3 Å². The normalized spacial score (nSPS) is 13.5. The second-order valence-electron chi connectivity index (χ2n) is 3.68. The Morgan fingerprint density at radius 3 is 2.67 bits per heavy atom. The number of hydrogen-bond acceptors (Lipinski definition) is 5. The number of anilines is 1. The zero-order valence-corrected chi connectivity index (χ0v) is 9.87. The number of nitrogens with one attached hydrogen (secondary N) is 1. The Bertz CT molecular complexity index is 431. The lowest BCUT2D eigenvalue weighted by Gasteiger charge is -2.13. The van der Waals surface area contributed by atoms with Crippen molar-refractivity contribution in [2.24, 2.45) is 0 Å². The lowest BCUT2D eigenvalue weighted by Crippen LogP contribution is -2.25. The van der Waals surface area contributed by atoms with Gasteiger partial charge in [0.1, 0.15) is 22.0 Å². The van der Waals surface area contributed by atoms with Gasteiger partial charge in [0.2, 0.25) is 0 Å². The minimum absolute atomic E-state index is 0.0933. The first-order valence-electron chi connectivity index (χ1n) is 4.60. The molecule has 0 saturated heterocycles. The van der Waals surface area contributed by atoms with E-state index in [1.807, 2.05) is 6.92 Å². The molecule has 15 heavy (non-hydrogen) atoms. The van der Waals surface area contributed by atoms with Crippen LogP contribution in [-0.2, 0) is 9.84 Å². The van der Waals surface area contributed by atoms with Gasteiger partial charge in [-0.3, -0.25) is 0 Å². The maximum atomic E-state index is 11.0. The Hall–Kier alpha value is -1.17. The first-order valence-corrected chi connectivity index (χ1v) is 6.66. The molecule has 0 spiro atoms. The number of aryl methyl sites for hydroxylation is 1. The van der Waals surface area contributed by atoms with Crippen LogP contribution >= 0.6 is 0 Å². The van der Waals surface area contributed by atoms with Gasteiger partial charge in [-0.25, -0.2) is 18.4 Å². The Labute approximate surface area is 89.9 Å². The van der Waals surface area contributed by atoms with Crippen molar-refractivity contribution in [3.63, 3.8) is 0 Å². The maximum Gasteiger partial charge on any atom is 0.149 e. The molecular weight excluding hydrogens is 214 g/mol. The molecule has 0 fully saturated rings. The van der Waals surface area contributed by atoms with Crippen molar-refractivity contribution in [3.05, 3.63) is 18.1 Å². The highest BCUT2D eigenvalue weighted by atomic mass is 32.2. The van der Waals surface area contributed by atoms with Gasteiger partial charge >= 0.3 is 0 Å². The number of rotatable bonds is 4. The molecule has 0 bridgehead atoms. The van der Waals surface area contributed by atoms with Crippen molar-refractivity contribution in [1.82, 2.24) is 9.97 Å². The van der Waals surface area contributed by atoms with Gasteiger partial charge < -0.3 is 5.32 Å². The van der Waals surface area contributed by atoms with Crippen LogP contribution in [0.1, 0.15) is 12.6 Å². The highest BCUT2D eigenvalue weighted by Crippen LogP contribution is 2.05. The monoisotopic (exact) mass is 229 g/mol. The van der Waals surface area contributed by atoms with Gasteiger partial charge in [-0.1, -0.05) is 0 Å². The van der Waals surface area contributed by atoms with E-state index in [0.29, 0.717) is 5.82 Å². The SMILES string of the molecule is Cc1cc(NC(C)CS(C)(=O)=O)ncn1. The van der Waals surface area contributed by atoms with Gasteiger partial charge in [-0.2, -0.15) is 0 Å². The molecule has 1 unspecified atom stereocenters. The van der Waals surface area contributed by atoms with Crippen molar-refractivity contribution < 1.29 is 8.42 Å². The molecule has 1 aromatic heterocycles. The van der Waals surface area contributed by atoms with Gasteiger partial charge in [0.05, 0.1) is 5.75 Å². The summed E-state index contributed by atoms with van der Waals surface area (Å²) in [7, 11) is -2.96. The Morgan fingerprint density at radius 1 is 1.47 bits per heavy atom. The van der Waals surface area contributed by atoms with Crippen LogP contribution in [-0.4, -0.2) is 36.4 Å². The van der Waals surface area contributed by atoms with Gasteiger partial charge in [0, 0.05) is 24.1 Å². The Balaban J connectivity index is 2.63. The number of hydrogen-bond donors (Lipinski definition) is 1. The summed E-state index contributed by atoms with van der Waals surface area (Å²) in [6.07, 6.45) is 2.67. The largest absolute Gasteiger partial charge is 0.366 e. The van der Waals surface area contributed by atoms with Gasteiger partial charge in [-0.05, 0) is 13.8 Å². The van der Waals surface area contributed by atoms with Crippen molar-refractivity contribution in [1.29, 1.82) is 0 Å². The highest BCUT2D eigenvalue weighted by molar-refractivity contribution is 7.90. The summed E-state index contributed by atoms with van der Waals surface area (Å²) in [6.45, 7) is 3.66. The van der Waals surface area contributed by atoms with Crippen molar-refractivity contribution >= 4 is 15.7 Å². The predicted octanol–water partition coefficient (Wildman–Crippen LogP) is 0.630. The van der Waals surface area contributed by atoms with Gasteiger partial charge in [-0.15, -0.1) is 0 Å². The molecule has 0 aliphatic carbocycles. The lowest BCUT2D eigenvalue weighted by atomic mass is 10.3. The summed E-state index contributed by atoms with van der Waals surface area (Å²) in [5.41, 5.74) is 0.846. The van der Waals surface area contributed by atoms with Crippen LogP contribution < -0.4 is 5.32 Å². The highest BCUT2D eigenvalue weighted by Gasteiger charge is 2.10. The average molecular weight is 229 g/mol. The predicted molar refractivity (Wildman–Crippen MR) is 59.6 cm³/mol. The van der Waals surface area contributed by atoms with Crippen LogP contribution in [0, 0.1) is 6.92 Å². The molecule has 1 rings (SSSR count). The molecule has 1 atom stereocenters. The van der Waals surface area contributed by atoms with E-state index in [1.54, 1.807) is 13.0 Å². The third-order valence-corrected chi connectivity index (χ3v) is 2.86. The van der Waals surface area contributed by atoms with E-state index in [0.717, 1.165) is 5.69 Å². The molecule has 1 aromatic rings. The van der Waals surface area contributed by atoms with E-state index in [1.165, 1.54) is 12.6 Å². The molecule has 0 aliphatic heterocycles. The van der Waals surface area contributed by atoms with E-state index < -0.39 is 9.84 Å². The molecule has 0 radical (unpaired) electrons. The fraction of sp³-hybridized carbons (Fsp3) is 0.556. The molecule has 1 N–H and O–H groups in total. The fourth-order valence-corrected chi connectivity index (χ4v) is 2.27. The van der Waals surface area contributed by atoms with Gasteiger partial charge in [0.15, 0.2) is 0 Å². The second kappa shape index (κ2) is 4.57. The summed E-state index contributed by atoms with van der Waals surface area (Å²) < 4.78 is 22.1. The standard InChI is InChI=1S/C9H15N3O2S/c1-7-4-9(11-6-10-7)12-8(2)5-15(3,13)14/h4,6,8H,5H2,1-3H3,(H,10,11,12). The third-order valence-electron chi connectivity index (χ3n) is 1.75. The summed E-state index contributed by atoms with van der Waals surface area (Å²) >= 11 is 0. The van der Waals surface area contributed by atoms with Crippen LogP contribution in [0.2, 0.25) is 0 Å². The Kier molecular flexibility index (Phi) is 3.62. The van der Waals surface area contributed by atoms with Gasteiger partial charge in [0.25, 0.3) is 0 Å². The molecular formula is C9H15N3O2S. The van der Waals surface area contributed by atoms with E-state index in [4.69, 9.17) is 0 Å². The van der Waals surface area contributed by atoms with Crippen LogP contribution in [0.3, 0.4) is 0 Å². The third kappa shape index (κ3) is 4.73. The lowest BCUT2D eigenvalue weighted by molar-refractivity contribution is 0.598. The molecule has 0 saturated carbocycles. The van der Waals surface area contributed by atoms with Crippen LogP contribution in [0.5, 0.6) is 0 Å². The van der Waals surface area contributed by atoms with Crippen LogP contribution in [0.15, 0.2) is 12.4 Å². The molecule has 0 aliphatic rings. The molecule has 0 amide bonds.